The van der Waals surface area contributed by atoms with Crippen molar-refractivity contribution >= 4 is 27.5 Å². The molecule has 0 unspecified atom stereocenters. The first-order chi connectivity index (χ1) is 10.5. The average Bonchev–Trinajstić information content (AvgIpc) is 2.41. The van der Waals surface area contributed by atoms with Gasteiger partial charge in [-0.3, -0.25) is 9.10 Å². The molecule has 1 aromatic rings. The summed E-state index contributed by atoms with van der Waals surface area (Å²) in [5, 5.41) is 2.29. The molecule has 1 aromatic carbocycles. The Balaban J connectivity index is 2.26. The fourth-order valence-corrected chi connectivity index (χ4v) is 2.63. The van der Waals surface area contributed by atoms with Crippen molar-refractivity contribution in [3.8, 4) is 0 Å². The van der Waals surface area contributed by atoms with E-state index in [0.717, 1.165) is 28.7 Å². The molecule has 23 heavy (non-hydrogen) atoms. The van der Waals surface area contributed by atoms with Gasteiger partial charge in [0.1, 0.15) is 0 Å². The molecule has 0 fully saturated rings. The van der Waals surface area contributed by atoms with Crippen molar-refractivity contribution in [2.24, 2.45) is 4.40 Å². The number of carbonyl (C=O) groups excluding carboxylic acids is 1. The fourth-order valence-electron chi connectivity index (χ4n) is 1.82. The van der Waals surface area contributed by atoms with Gasteiger partial charge in [-0.25, -0.2) is 0 Å². The standard InChI is InChI=1S/C13H12F3N3O3S/c1-8-11(7-19(2)23(21,22)18-8)12(20)17-10-5-3-4-9(6-10)13(14,15)16/h3-7H,1-2H3,(H,17,20). The van der Waals surface area contributed by atoms with E-state index < -0.39 is 27.9 Å². The maximum absolute atomic E-state index is 12.6. The average molecular weight is 347 g/mol. The van der Waals surface area contributed by atoms with Crippen LogP contribution in [-0.4, -0.2) is 31.4 Å². The number of rotatable bonds is 2. The molecule has 0 saturated heterocycles. The maximum Gasteiger partial charge on any atom is 0.416 e. The molecule has 0 spiro atoms. The largest absolute Gasteiger partial charge is 0.416 e. The molecule has 1 aliphatic rings. The minimum absolute atomic E-state index is 0.0485. The van der Waals surface area contributed by atoms with Crippen LogP contribution >= 0.6 is 0 Å². The number of carbonyl (C=O) groups is 1. The van der Waals surface area contributed by atoms with Gasteiger partial charge in [-0.2, -0.15) is 21.6 Å². The Morgan fingerprint density at radius 3 is 2.57 bits per heavy atom. The van der Waals surface area contributed by atoms with Crippen molar-refractivity contribution in [1.82, 2.24) is 4.31 Å². The van der Waals surface area contributed by atoms with Gasteiger partial charge in [0.15, 0.2) is 0 Å². The van der Waals surface area contributed by atoms with Gasteiger partial charge in [0, 0.05) is 18.9 Å². The predicted molar refractivity (Wildman–Crippen MR) is 77.9 cm³/mol. The number of halogens is 3. The zero-order valence-corrected chi connectivity index (χ0v) is 12.9. The van der Waals surface area contributed by atoms with Gasteiger partial charge in [0.05, 0.1) is 16.8 Å². The van der Waals surface area contributed by atoms with Gasteiger partial charge in [-0.15, -0.1) is 4.40 Å². The third-order valence-corrected chi connectivity index (χ3v) is 4.35. The Labute approximate surface area is 130 Å². The van der Waals surface area contributed by atoms with Crippen molar-refractivity contribution in [2.75, 3.05) is 12.4 Å². The molecule has 0 bridgehead atoms. The summed E-state index contributed by atoms with van der Waals surface area (Å²) in [4.78, 5) is 12.1. The molecule has 0 saturated carbocycles. The molecule has 0 atom stereocenters. The number of benzene rings is 1. The van der Waals surface area contributed by atoms with E-state index >= 15 is 0 Å². The van der Waals surface area contributed by atoms with Crippen LogP contribution in [0, 0.1) is 0 Å². The summed E-state index contributed by atoms with van der Waals surface area (Å²) < 4.78 is 65.1. The van der Waals surface area contributed by atoms with E-state index in [-0.39, 0.29) is 17.0 Å². The van der Waals surface area contributed by atoms with Crippen molar-refractivity contribution in [1.29, 1.82) is 0 Å². The first-order valence-corrected chi connectivity index (χ1v) is 7.66. The summed E-state index contributed by atoms with van der Waals surface area (Å²) >= 11 is 0. The van der Waals surface area contributed by atoms with E-state index in [1.54, 1.807) is 0 Å². The molecule has 1 heterocycles. The lowest BCUT2D eigenvalue weighted by molar-refractivity contribution is -0.137. The van der Waals surface area contributed by atoms with Gasteiger partial charge in [-0.1, -0.05) is 6.07 Å². The van der Waals surface area contributed by atoms with Crippen molar-refractivity contribution in [3.05, 3.63) is 41.6 Å². The maximum atomic E-state index is 12.6. The van der Waals surface area contributed by atoms with E-state index in [2.05, 4.69) is 9.71 Å². The summed E-state index contributed by atoms with van der Waals surface area (Å²) in [7, 11) is -2.66. The Morgan fingerprint density at radius 1 is 1.30 bits per heavy atom. The summed E-state index contributed by atoms with van der Waals surface area (Å²) in [6.07, 6.45) is -3.48. The second-order valence-electron chi connectivity index (χ2n) is 4.75. The smallest absolute Gasteiger partial charge is 0.322 e. The number of hydrogen-bond acceptors (Lipinski definition) is 3. The van der Waals surface area contributed by atoms with Crippen LogP contribution < -0.4 is 5.32 Å². The summed E-state index contributed by atoms with van der Waals surface area (Å²) in [6, 6.07) is 4.12. The molecular formula is C13H12F3N3O3S. The van der Waals surface area contributed by atoms with E-state index in [1.165, 1.54) is 20.0 Å². The van der Waals surface area contributed by atoms with Crippen LogP contribution in [0.25, 0.3) is 0 Å². The number of hydrogen-bond donors (Lipinski definition) is 1. The number of amides is 1. The molecule has 0 radical (unpaired) electrons. The van der Waals surface area contributed by atoms with Crippen LogP contribution in [0.3, 0.4) is 0 Å². The topological polar surface area (TPSA) is 78.8 Å². The molecule has 0 aromatic heterocycles. The third-order valence-electron chi connectivity index (χ3n) is 3.01. The highest BCUT2D eigenvalue weighted by molar-refractivity contribution is 7.88. The van der Waals surface area contributed by atoms with Gasteiger partial charge in [0.25, 0.3) is 5.91 Å². The second kappa shape index (κ2) is 5.69. The second-order valence-corrected chi connectivity index (χ2v) is 6.40. The highest BCUT2D eigenvalue weighted by Crippen LogP contribution is 2.30. The van der Waals surface area contributed by atoms with Gasteiger partial charge >= 0.3 is 16.4 Å². The normalized spacial score (nSPS) is 17.3. The van der Waals surface area contributed by atoms with Gasteiger partial charge in [0.2, 0.25) is 0 Å². The third kappa shape index (κ3) is 3.70. The number of nitrogens with one attached hydrogen (secondary N) is 1. The Hall–Kier alpha value is -2.36. The molecule has 1 aliphatic heterocycles. The zero-order valence-electron chi connectivity index (χ0n) is 12.0. The van der Waals surface area contributed by atoms with Crippen molar-refractivity contribution in [2.45, 2.75) is 13.1 Å². The van der Waals surface area contributed by atoms with Crippen LogP contribution in [0.2, 0.25) is 0 Å². The number of alkyl halides is 3. The van der Waals surface area contributed by atoms with Crippen molar-refractivity contribution in [3.63, 3.8) is 0 Å². The zero-order chi connectivity index (χ0) is 17.4. The molecule has 1 N–H and O–H groups in total. The number of anilines is 1. The molecule has 124 valence electrons. The SMILES string of the molecule is CC1=NS(=O)(=O)N(C)C=C1C(=O)Nc1cccc(C(F)(F)F)c1. The van der Waals surface area contributed by atoms with Crippen LogP contribution in [0.5, 0.6) is 0 Å². The summed E-state index contributed by atoms with van der Waals surface area (Å²) in [5.41, 5.74) is -1.07. The van der Waals surface area contributed by atoms with Gasteiger partial charge < -0.3 is 5.32 Å². The summed E-state index contributed by atoms with van der Waals surface area (Å²) in [6.45, 7) is 1.32. The van der Waals surface area contributed by atoms with E-state index in [0.29, 0.717) is 0 Å². The molecule has 10 heteroatoms. The van der Waals surface area contributed by atoms with E-state index in [4.69, 9.17) is 0 Å². The van der Waals surface area contributed by atoms with Crippen LogP contribution in [-0.2, 0) is 21.2 Å². The quantitative estimate of drug-likeness (QED) is 0.891. The van der Waals surface area contributed by atoms with Crippen LogP contribution in [0.15, 0.2) is 40.4 Å². The lowest BCUT2D eigenvalue weighted by Gasteiger charge is -2.19. The van der Waals surface area contributed by atoms with E-state index in [1.807, 2.05) is 0 Å². The van der Waals surface area contributed by atoms with Gasteiger partial charge in [-0.05, 0) is 25.1 Å². The minimum atomic E-state index is -4.53. The highest BCUT2D eigenvalue weighted by Gasteiger charge is 2.31. The Bertz CT molecular complexity index is 813. The minimum Gasteiger partial charge on any atom is -0.322 e. The Kier molecular flexibility index (Phi) is 4.20. The van der Waals surface area contributed by atoms with E-state index in [9.17, 15) is 26.4 Å². The Morgan fingerprint density at radius 2 is 1.96 bits per heavy atom. The van der Waals surface area contributed by atoms with Crippen LogP contribution in [0.1, 0.15) is 12.5 Å². The first kappa shape index (κ1) is 17.0. The fraction of sp³-hybridized carbons (Fsp3) is 0.231. The molecule has 6 nitrogen and oxygen atoms in total. The highest BCUT2D eigenvalue weighted by atomic mass is 32.2. The monoisotopic (exact) mass is 347 g/mol. The molecule has 0 aliphatic carbocycles. The number of nitrogens with zero attached hydrogens (tertiary/aromatic N) is 2. The lowest BCUT2D eigenvalue weighted by atomic mass is 10.1. The predicted octanol–water partition coefficient (Wildman–Crippen LogP) is 2.18. The molecule has 2 rings (SSSR count). The lowest BCUT2D eigenvalue weighted by Crippen LogP contribution is -2.30. The van der Waals surface area contributed by atoms with Crippen LogP contribution in [0.4, 0.5) is 18.9 Å². The molecule has 1 amide bonds. The summed E-state index contributed by atoms with van der Waals surface area (Å²) in [5.74, 6) is -0.757. The first-order valence-electron chi connectivity index (χ1n) is 6.26. The molecular weight excluding hydrogens is 335 g/mol. The van der Waals surface area contributed by atoms with Crippen molar-refractivity contribution < 1.29 is 26.4 Å².